The third-order valence-corrected chi connectivity index (χ3v) is 6.48. The number of rotatable bonds is 8. The lowest BCUT2D eigenvalue weighted by molar-refractivity contribution is -0.0380. The van der Waals surface area contributed by atoms with E-state index in [1.54, 1.807) is 19.9 Å². The SMILES string of the molecule is Cc1nc(N[C@@H](C)c2cccc(C(F)F)c2F)c2cc(C3(O)CCC(O)CC3)c(OCCF)nc2n1. The van der Waals surface area contributed by atoms with Crippen LogP contribution in [0.15, 0.2) is 24.3 Å². The Morgan fingerprint density at radius 2 is 1.86 bits per heavy atom. The molecule has 7 nitrogen and oxygen atoms in total. The van der Waals surface area contributed by atoms with E-state index >= 15 is 0 Å². The number of pyridine rings is 1. The summed E-state index contributed by atoms with van der Waals surface area (Å²) in [5.41, 5.74) is -1.52. The van der Waals surface area contributed by atoms with Gasteiger partial charge in [-0.05, 0) is 45.6 Å². The van der Waals surface area contributed by atoms with Crippen LogP contribution in [0.4, 0.5) is 23.4 Å². The van der Waals surface area contributed by atoms with Gasteiger partial charge in [0.1, 0.15) is 30.7 Å². The number of hydrogen-bond donors (Lipinski definition) is 3. The summed E-state index contributed by atoms with van der Waals surface area (Å²) in [4.78, 5) is 13.2. The first-order valence-electron chi connectivity index (χ1n) is 11.7. The number of aromatic nitrogens is 3. The molecule has 1 aromatic carbocycles. The molecule has 0 amide bonds. The Bertz CT molecular complexity index is 1240. The monoisotopic (exact) mass is 508 g/mol. The Morgan fingerprint density at radius 3 is 2.53 bits per heavy atom. The van der Waals surface area contributed by atoms with Crippen LogP contribution in [-0.4, -0.2) is 44.6 Å². The summed E-state index contributed by atoms with van der Waals surface area (Å²) in [5, 5.41) is 24.8. The van der Waals surface area contributed by atoms with Gasteiger partial charge in [-0.15, -0.1) is 0 Å². The minimum absolute atomic E-state index is 0.0341. The quantitative estimate of drug-likeness (QED) is 0.366. The van der Waals surface area contributed by atoms with E-state index in [1.165, 1.54) is 12.1 Å². The van der Waals surface area contributed by atoms with Crippen molar-refractivity contribution in [3.63, 3.8) is 0 Å². The zero-order valence-electron chi connectivity index (χ0n) is 19.9. The van der Waals surface area contributed by atoms with Gasteiger partial charge in [0.2, 0.25) is 5.88 Å². The van der Waals surface area contributed by atoms with Crippen LogP contribution < -0.4 is 10.1 Å². The van der Waals surface area contributed by atoms with E-state index in [-0.39, 0.29) is 42.4 Å². The molecule has 0 spiro atoms. The molecule has 1 atom stereocenters. The molecule has 2 aromatic heterocycles. The lowest BCUT2D eigenvalue weighted by Gasteiger charge is -2.35. The predicted octanol–water partition coefficient (Wildman–Crippen LogP) is 5.05. The summed E-state index contributed by atoms with van der Waals surface area (Å²) in [6, 6.07) is 4.67. The number of aliphatic hydroxyl groups is 2. The molecule has 11 heteroatoms. The molecule has 194 valence electrons. The molecule has 36 heavy (non-hydrogen) atoms. The number of hydrogen-bond acceptors (Lipinski definition) is 7. The van der Waals surface area contributed by atoms with Gasteiger partial charge in [-0.1, -0.05) is 18.2 Å². The fourth-order valence-electron chi connectivity index (χ4n) is 4.54. The van der Waals surface area contributed by atoms with Crippen molar-refractivity contribution in [2.75, 3.05) is 18.6 Å². The lowest BCUT2D eigenvalue weighted by Crippen LogP contribution is -2.34. The molecule has 4 rings (SSSR count). The highest BCUT2D eigenvalue weighted by Crippen LogP contribution is 2.42. The third-order valence-electron chi connectivity index (χ3n) is 6.48. The topological polar surface area (TPSA) is 100 Å². The summed E-state index contributed by atoms with van der Waals surface area (Å²) in [6.45, 7) is 2.21. The number of fused-ring (bicyclic) bond motifs is 1. The third kappa shape index (κ3) is 5.22. The zero-order chi connectivity index (χ0) is 26.0. The van der Waals surface area contributed by atoms with Gasteiger partial charge in [0, 0.05) is 11.1 Å². The van der Waals surface area contributed by atoms with Crippen molar-refractivity contribution in [1.29, 1.82) is 0 Å². The summed E-state index contributed by atoms with van der Waals surface area (Å²) >= 11 is 0. The first kappa shape index (κ1) is 26.0. The van der Waals surface area contributed by atoms with Crippen molar-refractivity contribution < 1.29 is 32.5 Å². The number of alkyl halides is 3. The molecule has 1 aliphatic carbocycles. The fraction of sp³-hybridized carbons (Fsp3) is 0.480. The van der Waals surface area contributed by atoms with Crippen LogP contribution in [0.5, 0.6) is 5.88 Å². The smallest absolute Gasteiger partial charge is 0.266 e. The first-order chi connectivity index (χ1) is 17.1. The Kier molecular flexibility index (Phi) is 7.60. The number of anilines is 1. The molecule has 1 saturated carbocycles. The maximum Gasteiger partial charge on any atom is 0.266 e. The largest absolute Gasteiger partial charge is 0.475 e. The average Bonchev–Trinajstić information content (AvgIpc) is 2.84. The van der Waals surface area contributed by atoms with Crippen LogP contribution in [0.3, 0.4) is 0 Å². The minimum Gasteiger partial charge on any atom is -0.475 e. The van der Waals surface area contributed by atoms with E-state index in [0.29, 0.717) is 29.6 Å². The molecule has 2 heterocycles. The highest BCUT2D eigenvalue weighted by atomic mass is 19.3. The van der Waals surface area contributed by atoms with Crippen molar-refractivity contribution in [3.05, 3.63) is 52.6 Å². The van der Waals surface area contributed by atoms with Gasteiger partial charge in [0.15, 0.2) is 5.65 Å². The van der Waals surface area contributed by atoms with Crippen molar-refractivity contribution in [1.82, 2.24) is 15.0 Å². The van der Waals surface area contributed by atoms with Gasteiger partial charge in [0.05, 0.1) is 28.7 Å². The zero-order valence-corrected chi connectivity index (χ0v) is 19.9. The van der Waals surface area contributed by atoms with Crippen molar-refractivity contribution >= 4 is 16.9 Å². The van der Waals surface area contributed by atoms with Crippen molar-refractivity contribution in [2.45, 2.75) is 63.7 Å². The van der Waals surface area contributed by atoms with Crippen LogP contribution in [0, 0.1) is 12.7 Å². The van der Waals surface area contributed by atoms with Crippen LogP contribution in [0.25, 0.3) is 11.0 Å². The van der Waals surface area contributed by atoms with Gasteiger partial charge < -0.3 is 20.3 Å². The predicted molar refractivity (Wildman–Crippen MR) is 125 cm³/mol. The summed E-state index contributed by atoms with van der Waals surface area (Å²) < 4.78 is 59.6. The second-order valence-electron chi connectivity index (χ2n) is 9.05. The number of nitrogens with one attached hydrogen (secondary N) is 1. The maximum atomic E-state index is 14.8. The number of aryl methyl sites for hydroxylation is 1. The van der Waals surface area contributed by atoms with Gasteiger partial charge >= 0.3 is 0 Å². The Hall–Kier alpha value is -3.05. The highest BCUT2D eigenvalue weighted by molar-refractivity contribution is 5.88. The van der Waals surface area contributed by atoms with Gasteiger partial charge in [-0.3, -0.25) is 0 Å². The molecule has 3 N–H and O–H groups in total. The molecule has 3 aromatic rings. The van der Waals surface area contributed by atoms with Crippen LogP contribution in [0.2, 0.25) is 0 Å². The van der Waals surface area contributed by atoms with E-state index in [4.69, 9.17) is 4.74 Å². The second kappa shape index (κ2) is 10.5. The van der Waals surface area contributed by atoms with E-state index in [0.717, 1.165) is 6.07 Å². The highest BCUT2D eigenvalue weighted by Gasteiger charge is 2.38. The molecular weight excluding hydrogens is 480 g/mol. The number of ether oxygens (including phenoxy) is 1. The minimum atomic E-state index is -2.96. The Balaban J connectivity index is 1.79. The van der Waals surface area contributed by atoms with Crippen molar-refractivity contribution in [2.24, 2.45) is 0 Å². The summed E-state index contributed by atoms with van der Waals surface area (Å²) in [7, 11) is 0. The van der Waals surface area contributed by atoms with Crippen molar-refractivity contribution in [3.8, 4) is 5.88 Å². The number of aliphatic hydroxyl groups excluding tert-OH is 1. The summed E-state index contributed by atoms with van der Waals surface area (Å²) in [5.74, 6) is -0.377. The molecule has 0 bridgehead atoms. The molecule has 1 fully saturated rings. The van der Waals surface area contributed by atoms with Crippen LogP contribution >= 0.6 is 0 Å². The van der Waals surface area contributed by atoms with Gasteiger partial charge in [0.25, 0.3) is 6.43 Å². The normalized spacial score (nSPS) is 21.1. The number of nitrogens with zero attached hydrogens (tertiary/aromatic N) is 3. The summed E-state index contributed by atoms with van der Waals surface area (Å²) in [6.07, 6.45) is -2.27. The van der Waals surface area contributed by atoms with E-state index in [9.17, 15) is 27.8 Å². The van der Waals surface area contributed by atoms with E-state index in [1.807, 2.05) is 0 Å². The molecule has 0 radical (unpaired) electrons. The maximum absolute atomic E-state index is 14.8. The molecule has 1 aliphatic rings. The van der Waals surface area contributed by atoms with Gasteiger partial charge in [-0.2, -0.15) is 4.98 Å². The number of benzene rings is 1. The van der Waals surface area contributed by atoms with Crippen LogP contribution in [-0.2, 0) is 5.60 Å². The molecule has 0 saturated heterocycles. The number of halogens is 4. The average molecular weight is 509 g/mol. The Labute approximate surface area is 205 Å². The van der Waals surface area contributed by atoms with E-state index < -0.39 is 42.2 Å². The molecule has 0 aliphatic heterocycles. The Morgan fingerprint density at radius 1 is 1.17 bits per heavy atom. The second-order valence-corrected chi connectivity index (χ2v) is 9.05. The standard InChI is InChI=1S/C25H28F4N4O3/c1-13(16-4-3-5-17(20(16)27)21(28)29)30-22-18-12-19(25(35)8-6-15(34)7-9-25)24(36-11-10-26)33-23(18)32-14(2)31-22/h3-5,12-13,15,21,34-35H,6-11H2,1-2H3,(H,30,31,32,33)/t13-,15?,25?/m0/s1. The molecule has 0 unspecified atom stereocenters. The molecular formula is C25H28F4N4O3. The lowest BCUT2D eigenvalue weighted by atomic mass is 9.78. The van der Waals surface area contributed by atoms with Crippen LogP contribution in [0.1, 0.15) is 67.6 Å². The van der Waals surface area contributed by atoms with E-state index in [2.05, 4.69) is 20.3 Å². The first-order valence-corrected chi connectivity index (χ1v) is 11.7. The van der Waals surface area contributed by atoms with Gasteiger partial charge in [-0.25, -0.2) is 27.5 Å². The fourth-order valence-corrected chi connectivity index (χ4v) is 4.54.